The van der Waals surface area contributed by atoms with Crippen molar-refractivity contribution in [2.24, 2.45) is 0 Å². The van der Waals surface area contributed by atoms with E-state index in [1.165, 1.54) is 24.3 Å². The molecule has 0 amide bonds. The fraction of sp³-hybridized carbons (Fsp3) is 0. The number of benzene rings is 2. The molecule has 104 valence electrons. The molecule has 6 heteroatoms. The molecule has 0 unspecified atom stereocenters. The number of halogens is 2. The SMILES string of the molecule is N#C/C(=C/c1cc([N+](=O)[O-])ccc1Cl)c1ccc(Cl)cc1. The van der Waals surface area contributed by atoms with Crippen LogP contribution in [-0.2, 0) is 0 Å². The molecule has 0 fully saturated rings. The first kappa shape index (κ1) is 15.0. The van der Waals surface area contributed by atoms with Crippen LogP contribution in [0, 0.1) is 21.4 Å². The highest BCUT2D eigenvalue weighted by molar-refractivity contribution is 6.32. The Hall–Kier alpha value is -2.35. The Morgan fingerprint density at radius 1 is 1.19 bits per heavy atom. The van der Waals surface area contributed by atoms with Crippen molar-refractivity contribution in [3.63, 3.8) is 0 Å². The van der Waals surface area contributed by atoms with Crippen molar-refractivity contribution < 1.29 is 4.92 Å². The maximum absolute atomic E-state index is 10.8. The van der Waals surface area contributed by atoms with E-state index in [0.29, 0.717) is 26.7 Å². The number of nitro groups is 1. The van der Waals surface area contributed by atoms with Crippen LogP contribution in [-0.4, -0.2) is 4.92 Å². The van der Waals surface area contributed by atoms with Gasteiger partial charge in [-0.25, -0.2) is 0 Å². The summed E-state index contributed by atoms with van der Waals surface area (Å²) in [6, 6.07) is 12.8. The second-order valence-corrected chi connectivity index (χ2v) is 4.98. The van der Waals surface area contributed by atoms with Gasteiger partial charge in [-0.3, -0.25) is 10.1 Å². The number of allylic oxidation sites excluding steroid dienone is 1. The summed E-state index contributed by atoms with van der Waals surface area (Å²) in [6.07, 6.45) is 1.51. The average Bonchev–Trinajstić information content (AvgIpc) is 2.47. The zero-order valence-electron chi connectivity index (χ0n) is 10.6. The summed E-state index contributed by atoms with van der Waals surface area (Å²) in [7, 11) is 0. The van der Waals surface area contributed by atoms with Crippen molar-refractivity contribution in [3.05, 3.63) is 73.8 Å². The minimum atomic E-state index is -0.512. The van der Waals surface area contributed by atoms with E-state index in [0.717, 1.165) is 0 Å². The van der Waals surface area contributed by atoms with Gasteiger partial charge < -0.3 is 0 Å². The zero-order chi connectivity index (χ0) is 15.4. The van der Waals surface area contributed by atoms with Crippen LogP contribution >= 0.6 is 23.2 Å². The van der Waals surface area contributed by atoms with Gasteiger partial charge in [0, 0.05) is 27.7 Å². The zero-order valence-corrected chi connectivity index (χ0v) is 12.1. The van der Waals surface area contributed by atoms with Crippen molar-refractivity contribution in [2.45, 2.75) is 0 Å². The van der Waals surface area contributed by atoms with Crippen molar-refractivity contribution in [2.75, 3.05) is 0 Å². The molecule has 2 rings (SSSR count). The number of nitro benzene ring substituents is 1. The molecule has 4 nitrogen and oxygen atoms in total. The Balaban J connectivity index is 2.50. The van der Waals surface area contributed by atoms with Crippen molar-refractivity contribution in [1.29, 1.82) is 5.26 Å². The molecule has 0 aliphatic rings. The molecule has 0 saturated carbocycles. The predicted molar refractivity (Wildman–Crippen MR) is 83.0 cm³/mol. The summed E-state index contributed by atoms with van der Waals surface area (Å²) in [4.78, 5) is 10.3. The summed E-state index contributed by atoms with van der Waals surface area (Å²) < 4.78 is 0. The lowest BCUT2D eigenvalue weighted by atomic mass is 10.0. The molecular formula is C15H8Cl2N2O2. The van der Waals surface area contributed by atoms with Crippen LogP contribution in [0.2, 0.25) is 10.0 Å². The van der Waals surface area contributed by atoms with Gasteiger partial charge in [-0.05, 0) is 29.8 Å². The summed E-state index contributed by atoms with van der Waals surface area (Å²) in [5.41, 5.74) is 1.33. The monoisotopic (exact) mass is 318 g/mol. The summed E-state index contributed by atoms with van der Waals surface area (Å²) in [5, 5.41) is 20.9. The Morgan fingerprint density at radius 3 is 2.43 bits per heavy atom. The van der Waals surface area contributed by atoms with E-state index in [9.17, 15) is 15.4 Å². The first-order valence-electron chi connectivity index (χ1n) is 5.83. The molecule has 2 aromatic carbocycles. The lowest BCUT2D eigenvalue weighted by molar-refractivity contribution is -0.384. The normalized spacial score (nSPS) is 11.0. The molecule has 2 aromatic rings. The van der Waals surface area contributed by atoms with E-state index in [2.05, 4.69) is 6.07 Å². The topological polar surface area (TPSA) is 66.9 Å². The Bertz CT molecular complexity index is 762. The van der Waals surface area contributed by atoms with Crippen molar-refractivity contribution >= 4 is 40.5 Å². The molecule has 0 aliphatic heterocycles. The van der Waals surface area contributed by atoms with Gasteiger partial charge in [0.2, 0.25) is 0 Å². The number of non-ortho nitro benzene ring substituents is 1. The number of hydrogen-bond acceptors (Lipinski definition) is 3. The molecule has 0 saturated heterocycles. The molecule has 0 aromatic heterocycles. The molecule has 0 N–H and O–H groups in total. The first-order chi connectivity index (χ1) is 10.0. The van der Waals surface area contributed by atoms with Crippen LogP contribution in [0.4, 0.5) is 5.69 Å². The number of nitrogens with zero attached hydrogens (tertiary/aromatic N) is 2. The van der Waals surface area contributed by atoms with Crippen LogP contribution in [0.25, 0.3) is 11.6 Å². The number of nitriles is 1. The van der Waals surface area contributed by atoms with Crippen LogP contribution in [0.5, 0.6) is 0 Å². The molecule has 0 heterocycles. The predicted octanol–water partition coefficient (Wildman–Crippen LogP) is 4.97. The van der Waals surface area contributed by atoms with Crippen LogP contribution in [0.3, 0.4) is 0 Å². The maximum Gasteiger partial charge on any atom is 0.270 e. The second kappa shape index (κ2) is 6.40. The van der Waals surface area contributed by atoms with Crippen LogP contribution in [0.1, 0.15) is 11.1 Å². The third-order valence-corrected chi connectivity index (χ3v) is 3.36. The van der Waals surface area contributed by atoms with E-state index in [1.54, 1.807) is 24.3 Å². The smallest absolute Gasteiger partial charge is 0.258 e. The summed E-state index contributed by atoms with van der Waals surface area (Å²) >= 11 is 11.8. The lowest BCUT2D eigenvalue weighted by Crippen LogP contribution is -1.89. The number of hydrogen-bond donors (Lipinski definition) is 0. The van der Waals surface area contributed by atoms with Gasteiger partial charge in [0.1, 0.15) is 0 Å². The van der Waals surface area contributed by atoms with E-state index in [4.69, 9.17) is 23.2 Å². The molecule has 0 radical (unpaired) electrons. The highest BCUT2D eigenvalue weighted by atomic mass is 35.5. The van der Waals surface area contributed by atoms with E-state index < -0.39 is 4.92 Å². The van der Waals surface area contributed by atoms with Gasteiger partial charge in [0.05, 0.1) is 16.6 Å². The summed E-state index contributed by atoms with van der Waals surface area (Å²) in [5.74, 6) is 0. The number of rotatable bonds is 3. The third-order valence-electron chi connectivity index (χ3n) is 2.77. The minimum Gasteiger partial charge on any atom is -0.258 e. The maximum atomic E-state index is 10.8. The van der Waals surface area contributed by atoms with Gasteiger partial charge in [-0.15, -0.1) is 0 Å². The fourth-order valence-corrected chi connectivity index (χ4v) is 2.02. The van der Waals surface area contributed by atoms with Gasteiger partial charge in [-0.1, -0.05) is 35.3 Å². The lowest BCUT2D eigenvalue weighted by Gasteiger charge is -2.02. The molecule has 0 atom stereocenters. The van der Waals surface area contributed by atoms with E-state index in [-0.39, 0.29) is 5.69 Å². The first-order valence-corrected chi connectivity index (χ1v) is 6.58. The van der Waals surface area contributed by atoms with Crippen LogP contribution < -0.4 is 0 Å². The second-order valence-electron chi connectivity index (χ2n) is 4.14. The van der Waals surface area contributed by atoms with Crippen molar-refractivity contribution in [3.8, 4) is 6.07 Å². The molecular weight excluding hydrogens is 311 g/mol. The molecule has 0 spiro atoms. The van der Waals surface area contributed by atoms with Crippen molar-refractivity contribution in [1.82, 2.24) is 0 Å². The largest absolute Gasteiger partial charge is 0.270 e. The molecule has 0 bridgehead atoms. The van der Waals surface area contributed by atoms with Gasteiger partial charge in [0.25, 0.3) is 5.69 Å². The third kappa shape index (κ3) is 3.60. The van der Waals surface area contributed by atoms with Gasteiger partial charge in [0.15, 0.2) is 0 Å². The van der Waals surface area contributed by atoms with Gasteiger partial charge in [-0.2, -0.15) is 5.26 Å². The Labute approximate surface area is 131 Å². The van der Waals surface area contributed by atoms with Gasteiger partial charge >= 0.3 is 0 Å². The van der Waals surface area contributed by atoms with E-state index >= 15 is 0 Å². The quantitative estimate of drug-likeness (QED) is 0.347. The molecule has 0 aliphatic carbocycles. The highest BCUT2D eigenvalue weighted by Crippen LogP contribution is 2.27. The fourth-order valence-electron chi connectivity index (χ4n) is 1.72. The standard InChI is InChI=1S/C15H8Cl2N2O2/c16-13-3-1-10(2-4-13)12(9-18)7-11-8-14(19(20)21)5-6-15(11)17/h1-8H/b12-7-. The van der Waals surface area contributed by atoms with Crippen LogP contribution in [0.15, 0.2) is 42.5 Å². The highest BCUT2D eigenvalue weighted by Gasteiger charge is 2.10. The molecule has 21 heavy (non-hydrogen) atoms. The summed E-state index contributed by atoms with van der Waals surface area (Å²) in [6.45, 7) is 0. The van der Waals surface area contributed by atoms with E-state index in [1.807, 2.05) is 0 Å². The Kier molecular flexibility index (Phi) is 4.59. The minimum absolute atomic E-state index is 0.0842. The average molecular weight is 319 g/mol. The Morgan fingerprint density at radius 2 is 1.86 bits per heavy atom.